The van der Waals surface area contributed by atoms with Gasteiger partial charge in [-0.2, -0.15) is 0 Å². The second-order valence-electron chi connectivity index (χ2n) is 2.77. The largest absolute Gasteiger partial charge is 0.502 e. The third kappa shape index (κ3) is 1.89. The zero-order valence-electron chi connectivity index (χ0n) is 7.38. The van der Waals surface area contributed by atoms with Gasteiger partial charge < -0.3 is 10.8 Å². The normalized spacial score (nSPS) is 12.1. The van der Waals surface area contributed by atoms with E-state index in [1.807, 2.05) is 0 Å². The zero-order chi connectivity index (χ0) is 10.7. The number of phenolic OH excluding ortho intramolecular Hbond substituents is 1. The summed E-state index contributed by atoms with van der Waals surface area (Å²) in [5.74, 6) is -0.384. The van der Waals surface area contributed by atoms with Crippen LogP contribution in [0.15, 0.2) is 30.9 Å². The molecule has 0 saturated carbocycles. The summed E-state index contributed by atoms with van der Waals surface area (Å²) in [6, 6.07) is 3.55. The molecule has 0 fully saturated rings. The fourth-order valence-corrected chi connectivity index (χ4v) is 1.04. The molecule has 0 spiro atoms. The fraction of sp³-hybridized carbons (Fsp3) is 0.111. The van der Waals surface area contributed by atoms with E-state index in [0.717, 1.165) is 0 Å². The van der Waals surface area contributed by atoms with E-state index in [0.29, 0.717) is 5.56 Å². The Bertz CT molecular complexity index is 376. The monoisotopic (exact) mass is 194 g/mol. The highest BCUT2D eigenvalue weighted by molar-refractivity contribution is 5.48. The number of nitrogens with zero attached hydrogens (tertiary/aromatic N) is 1. The Morgan fingerprint density at radius 2 is 2.29 bits per heavy atom. The summed E-state index contributed by atoms with van der Waals surface area (Å²) in [6.45, 7) is 3.48. The summed E-state index contributed by atoms with van der Waals surface area (Å²) < 4.78 is 0. The van der Waals surface area contributed by atoms with Gasteiger partial charge in [0.1, 0.15) is 0 Å². The molecule has 0 aromatic heterocycles. The molecule has 1 rings (SSSR count). The van der Waals surface area contributed by atoms with Gasteiger partial charge in [0.05, 0.1) is 4.92 Å². The zero-order valence-corrected chi connectivity index (χ0v) is 7.38. The van der Waals surface area contributed by atoms with Crippen LogP contribution in [-0.2, 0) is 0 Å². The van der Waals surface area contributed by atoms with Gasteiger partial charge in [0.15, 0.2) is 5.75 Å². The molecule has 14 heavy (non-hydrogen) atoms. The minimum atomic E-state index is -0.654. The molecule has 3 N–H and O–H groups in total. The number of phenols is 1. The second-order valence-corrected chi connectivity index (χ2v) is 2.77. The van der Waals surface area contributed by atoms with E-state index in [9.17, 15) is 15.2 Å². The van der Waals surface area contributed by atoms with Crippen molar-refractivity contribution in [2.45, 2.75) is 6.04 Å². The Balaban J connectivity index is 3.12. The maximum atomic E-state index is 10.4. The maximum Gasteiger partial charge on any atom is 0.310 e. The van der Waals surface area contributed by atoms with Gasteiger partial charge in [0.25, 0.3) is 0 Å². The van der Waals surface area contributed by atoms with Crippen molar-refractivity contribution in [3.05, 3.63) is 46.5 Å². The summed E-state index contributed by atoms with van der Waals surface area (Å²) in [6.07, 6.45) is 1.49. The van der Waals surface area contributed by atoms with Crippen molar-refractivity contribution < 1.29 is 10.0 Å². The van der Waals surface area contributed by atoms with Crippen LogP contribution in [0.1, 0.15) is 11.6 Å². The lowest BCUT2D eigenvalue weighted by Crippen LogP contribution is -2.06. The van der Waals surface area contributed by atoms with E-state index in [1.165, 1.54) is 24.3 Å². The molecule has 0 bridgehead atoms. The molecule has 0 amide bonds. The van der Waals surface area contributed by atoms with Gasteiger partial charge in [0, 0.05) is 12.1 Å². The lowest BCUT2D eigenvalue weighted by atomic mass is 10.1. The number of aromatic hydroxyl groups is 1. The first-order chi connectivity index (χ1) is 6.56. The Morgan fingerprint density at radius 1 is 1.64 bits per heavy atom. The number of nitrogens with two attached hydrogens (primary N) is 1. The Kier molecular flexibility index (Phi) is 2.83. The molecule has 0 heterocycles. The first-order valence-electron chi connectivity index (χ1n) is 3.91. The second kappa shape index (κ2) is 3.89. The van der Waals surface area contributed by atoms with Crippen molar-refractivity contribution in [3.63, 3.8) is 0 Å². The third-order valence-corrected chi connectivity index (χ3v) is 1.84. The Morgan fingerprint density at radius 3 is 2.71 bits per heavy atom. The Labute approximate surface area is 80.6 Å². The van der Waals surface area contributed by atoms with Gasteiger partial charge in [0.2, 0.25) is 0 Å². The van der Waals surface area contributed by atoms with Crippen LogP contribution in [0.2, 0.25) is 0 Å². The van der Waals surface area contributed by atoms with Crippen LogP contribution in [0.5, 0.6) is 5.75 Å². The molecule has 1 aromatic rings. The van der Waals surface area contributed by atoms with E-state index in [-0.39, 0.29) is 11.4 Å². The van der Waals surface area contributed by atoms with E-state index in [2.05, 4.69) is 6.58 Å². The standard InChI is InChI=1S/C9H10N2O3/c1-2-7(10)6-3-4-8(11(13)14)9(12)5-6/h2-5,7,12H,1,10H2/t7-/m1/s1. The number of nitro benzene ring substituents is 1. The molecule has 0 saturated heterocycles. The number of hydrogen-bond donors (Lipinski definition) is 2. The van der Waals surface area contributed by atoms with E-state index in [1.54, 1.807) is 0 Å². The van der Waals surface area contributed by atoms with Crippen LogP contribution in [0.3, 0.4) is 0 Å². The molecule has 0 aliphatic rings. The highest BCUT2D eigenvalue weighted by Gasteiger charge is 2.14. The smallest absolute Gasteiger partial charge is 0.310 e. The van der Waals surface area contributed by atoms with Gasteiger partial charge >= 0.3 is 5.69 Å². The van der Waals surface area contributed by atoms with Crippen molar-refractivity contribution in [2.75, 3.05) is 0 Å². The minimum Gasteiger partial charge on any atom is -0.502 e. The van der Waals surface area contributed by atoms with E-state index >= 15 is 0 Å². The van der Waals surface area contributed by atoms with Crippen LogP contribution in [0.4, 0.5) is 5.69 Å². The molecule has 1 aromatic carbocycles. The average molecular weight is 194 g/mol. The van der Waals surface area contributed by atoms with E-state index < -0.39 is 11.0 Å². The molecule has 5 heteroatoms. The summed E-state index contributed by atoms with van der Waals surface area (Å²) in [7, 11) is 0. The molecular weight excluding hydrogens is 184 g/mol. The summed E-state index contributed by atoms with van der Waals surface area (Å²) in [4.78, 5) is 9.71. The number of rotatable bonds is 3. The van der Waals surface area contributed by atoms with Crippen molar-refractivity contribution in [3.8, 4) is 5.75 Å². The SMILES string of the molecule is C=C[C@@H](N)c1ccc([N+](=O)[O-])c(O)c1. The first-order valence-corrected chi connectivity index (χ1v) is 3.91. The molecule has 5 nitrogen and oxygen atoms in total. The molecule has 0 aliphatic carbocycles. The summed E-state index contributed by atoms with van der Waals surface area (Å²) in [5.41, 5.74) is 5.85. The number of benzene rings is 1. The van der Waals surface area contributed by atoms with Crippen LogP contribution in [0.25, 0.3) is 0 Å². The lowest BCUT2D eigenvalue weighted by Gasteiger charge is -2.06. The quantitative estimate of drug-likeness (QED) is 0.433. The van der Waals surface area contributed by atoms with Crippen LogP contribution >= 0.6 is 0 Å². The molecular formula is C9H10N2O3. The highest BCUT2D eigenvalue weighted by atomic mass is 16.6. The molecule has 0 radical (unpaired) electrons. The number of hydrogen-bond acceptors (Lipinski definition) is 4. The van der Waals surface area contributed by atoms with Crippen LogP contribution in [0, 0.1) is 10.1 Å². The van der Waals surface area contributed by atoms with Gasteiger partial charge in [-0.1, -0.05) is 12.1 Å². The van der Waals surface area contributed by atoms with Gasteiger partial charge in [-0.05, 0) is 11.6 Å². The van der Waals surface area contributed by atoms with Crippen LogP contribution < -0.4 is 5.73 Å². The maximum absolute atomic E-state index is 10.4. The molecule has 0 aliphatic heterocycles. The molecule has 74 valence electrons. The van der Waals surface area contributed by atoms with Crippen molar-refractivity contribution in [1.82, 2.24) is 0 Å². The first kappa shape index (κ1) is 10.2. The number of nitro groups is 1. The third-order valence-electron chi connectivity index (χ3n) is 1.84. The predicted octanol–water partition coefficient (Wildman–Crippen LogP) is 1.49. The van der Waals surface area contributed by atoms with Crippen molar-refractivity contribution in [2.24, 2.45) is 5.73 Å². The van der Waals surface area contributed by atoms with Crippen LogP contribution in [-0.4, -0.2) is 10.0 Å². The van der Waals surface area contributed by atoms with Gasteiger partial charge in [-0.25, -0.2) is 0 Å². The van der Waals surface area contributed by atoms with Gasteiger partial charge in [-0.15, -0.1) is 6.58 Å². The summed E-state index contributed by atoms with van der Waals surface area (Å²) >= 11 is 0. The van der Waals surface area contributed by atoms with Crippen molar-refractivity contribution in [1.29, 1.82) is 0 Å². The minimum absolute atomic E-state index is 0.329. The topological polar surface area (TPSA) is 89.4 Å². The summed E-state index contributed by atoms with van der Waals surface area (Å²) in [5, 5.41) is 19.6. The lowest BCUT2D eigenvalue weighted by molar-refractivity contribution is -0.385. The highest BCUT2D eigenvalue weighted by Crippen LogP contribution is 2.28. The molecule has 0 unspecified atom stereocenters. The van der Waals surface area contributed by atoms with Crippen molar-refractivity contribution >= 4 is 5.69 Å². The molecule has 1 atom stereocenters. The Hall–Kier alpha value is -1.88. The fourth-order valence-electron chi connectivity index (χ4n) is 1.04. The predicted molar refractivity (Wildman–Crippen MR) is 51.9 cm³/mol. The van der Waals surface area contributed by atoms with E-state index in [4.69, 9.17) is 5.73 Å². The average Bonchev–Trinajstić information content (AvgIpc) is 2.15. The van der Waals surface area contributed by atoms with Gasteiger partial charge in [-0.3, -0.25) is 10.1 Å².